The van der Waals surface area contributed by atoms with Crippen molar-refractivity contribution in [2.75, 3.05) is 5.32 Å². The second kappa shape index (κ2) is 5.21. The maximum Gasteiger partial charge on any atom is 0.337 e. The van der Waals surface area contributed by atoms with Crippen LogP contribution in [0.2, 0.25) is 0 Å². The number of rotatable bonds is 3. The number of carbonyl (C=O) groups is 2. The molecule has 0 spiro atoms. The molecular weight excluding hydrogens is 253 g/mol. The number of hydrogen-bond donors (Lipinski definition) is 2. The van der Waals surface area contributed by atoms with Gasteiger partial charge in [0.25, 0.3) is 5.91 Å². The molecule has 7 heteroatoms. The summed E-state index contributed by atoms with van der Waals surface area (Å²) in [7, 11) is 0. The first-order valence-corrected chi connectivity index (χ1v) is 5.19. The zero-order valence-electron chi connectivity index (χ0n) is 9.50. The van der Waals surface area contributed by atoms with Crippen LogP contribution < -0.4 is 5.32 Å². The van der Waals surface area contributed by atoms with Crippen LogP contribution in [0, 0.1) is 5.95 Å². The van der Waals surface area contributed by atoms with Crippen LogP contribution in [0.3, 0.4) is 0 Å². The summed E-state index contributed by atoms with van der Waals surface area (Å²) < 4.78 is 13.2. The van der Waals surface area contributed by atoms with Crippen LogP contribution in [0.5, 0.6) is 0 Å². The van der Waals surface area contributed by atoms with E-state index in [2.05, 4.69) is 15.3 Å². The third-order valence-electron chi connectivity index (χ3n) is 2.26. The minimum atomic E-state index is -1.12. The number of aromatic nitrogens is 2. The van der Waals surface area contributed by atoms with Gasteiger partial charge in [-0.1, -0.05) is 0 Å². The van der Waals surface area contributed by atoms with Crippen molar-refractivity contribution in [3.63, 3.8) is 0 Å². The molecule has 96 valence electrons. The van der Waals surface area contributed by atoms with E-state index in [1.165, 1.54) is 30.5 Å². The van der Waals surface area contributed by atoms with Crippen molar-refractivity contribution in [1.82, 2.24) is 9.97 Å². The second-order valence-electron chi connectivity index (χ2n) is 3.53. The Bertz CT molecular complexity index is 628. The smallest absolute Gasteiger partial charge is 0.337 e. The van der Waals surface area contributed by atoms with Gasteiger partial charge in [0.2, 0.25) is 5.95 Å². The molecule has 0 bridgehead atoms. The number of carboxylic acids is 1. The zero-order valence-corrected chi connectivity index (χ0v) is 9.50. The van der Waals surface area contributed by atoms with Gasteiger partial charge >= 0.3 is 5.97 Å². The van der Waals surface area contributed by atoms with Crippen LogP contribution in [0.1, 0.15) is 20.7 Å². The predicted molar refractivity (Wildman–Crippen MR) is 63.3 cm³/mol. The molecule has 2 heterocycles. The van der Waals surface area contributed by atoms with Crippen molar-refractivity contribution in [2.45, 2.75) is 0 Å². The summed E-state index contributed by atoms with van der Waals surface area (Å²) in [5.41, 5.74) is -0.225. The maximum absolute atomic E-state index is 13.2. The van der Waals surface area contributed by atoms with E-state index >= 15 is 0 Å². The van der Waals surface area contributed by atoms with Crippen molar-refractivity contribution in [2.24, 2.45) is 0 Å². The normalized spacial score (nSPS) is 9.95. The largest absolute Gasteiger partial charge is 0.478 e. The molecule has 0 fully saturated rings. The molecule has 0 aliphatic heterocycles. The van der Waals surface area contributed by atoms with Gasteiger partial charge in [0.05, 0.1) is 11.1 Å². The molecule has 6 nitrogen and oxygen atoms in total. The Morgan fingerprint density at radius 3 is 2.58 bits per heavy atom. The Morgan fingerprint density at radius 1 is 1.21 bits per heavy atom. The van der Waals surface area contributed by atoms with Gasteiger partial charge < -0.3 is 10.4 Å². The highest BCUT2D eigenvalue weighted by atomic mass is 19.1. The summed E-state index contributed by atoms with van der Waals surface area (Å²) in [6.45, 7) is 0. The van der Waals surface area contributed by atoms with E-state index < -0.39 is 17.8 Å². The molecule has 19 heavy (non-hydrogen) atoms. The first kappa shape index (κ1) is 12.6. The van der Waals surface area contributed by atoms with E-state index in [9.17, 15) is 14.0 Å². The number of carbonyl (C=O) groups excluding carboxylic acids is 1. The molecule has 2 aromatic heterocycles. The Hall–Kier alpha value is -2.83. The fourth-order valence-electron chi connectivity index (χ4n) is 1.33. The highest BCUT2D eigenvalue weighted by Crippen LogP contribution is 2.09. The average molecular weight is 261 g/mol. The molecule has 0 atom stereocenters. The Morgan fingerprint density at radius 2 is 2.00 bits per heavy atom. The van der Waals surface area contributed by atoms with E-state index in [1.807, 2.05) is 0 Å². The SMILES string of the molecule is O=C(O)c1ccc(NC(=O)c2cccnc2F)nc1. The molecule has 0 aliphatic carbocycles. The van der Waals surface area contributed by atoms with E-state index in [0.717, 1.165) is 6.20 Å². The van der Waals surface area contributed by atoms with Gasteiger partial charge in [0.1, 0.15) is 5.82 Å². The molecule has 0 saturated heterocycles. The zero-order chi connectivity index (χ0) is 13.8. The summed E-state index contributed by atoms with van der Waals surface area (Å²) in [6.07, 6.45) is 2.32. The molecule has 0 aliphatic rings. The summed E-state index contributed by atoms with van der Waals surface area (Å²) in [5.74, 6) is -2.59. The van der Waals surface area contributed by atoms with Crippen molar-refractivity contribution in [1.29, 1.82) is 0 Å². The highest BCUT2D eigenvalue weighted by molar-refractivity contribution is 6.03. The summed E-state index contributed by atoms with van der Waals surface area (Å²) in [4.78, 5) is 29.4. The van der Waals surface area contributed by atoms with Crippen LogP contribution in [0.25, 0.3) is 0 Å². The van der Waals surface area contributed by atoms with Crippen LogP contribution in [0.15, 0.2) is 36.7 Å². The van der Waals surface area contributed by atoms with Gasteiger partial charge in [-0.25, -0.2) is 14.8 Å². The number of halogens is 1. The number of nitrogens with one attached hydrogen (secondary N) is 1. The van der Waals surface area contributed by atoms with Crippen molar-refractivity contribution in [3.05, 3.63) is 53.7 Å². The number of pyridine rings is 2. The van der Waals surface area contributed by atoms with Crippen LogP contribution in [0.4, 0.5) is 10.2 Å². The van der Waals surface area contributed by atoms with Crippen LogP contribution in [-0.2, 0) is 0 Å². The molecule has 2 N–H and O–H groups in total. The predicted octanol–water partition coefficient (Wildman–Crippen LogP) is 1.57. The molecular formula is C12H8FN3O3. The summed E-state index contributed by atoms with van der Waals surface area (Å²) in [6, 6.07) is 5.31. The maximum atomic E-state index is 13.2. The second-order valence-corrected chi connectivity index (χ2v) is 3.53. The summed E-state index contributed by atoms with van der Waals surface area (Å²) >= 11 is 0. The third kappa shape index (κ3) is 2.89. The van der Waals surface area contributed by atoms with Gasteiger partial charge in [-0.05, 0) is 24.3 Å². The van der Waals surface area contributed by atoms with Gasteiger partial charge in [0.15, 0.2) is 0 Å². The lowest BCUT2D eigenvalue weighted by Crippen LogP contribution is -2.15. The van der Waals surface area contributed by atoms with Crippen molar-refractivity contribution >= 4 is 17.7 Å². The first-order chi connectivity index (χ1) is 9.08. The van der Waals surface area contributed by atoms with E-state index in [0.29, 0.717) is 0 Å². The fraction of sp³-hybridized carbons (Fsp3) is 0. The Balaban J connectivity index is 2.15. The monoisotopic (exact) mass is 261 g/mol. The summed E-state index contributed by atoms with van der Waals surface area (Å²) in [5, 5.41) is 11.0. The lowest BCUT2D eigenvalue weighted by Gasteiger charge is -2.04. The van der Waals surface area contributed by atoms with Crippen LogP contribution in [-0.4, -0.2) is 27.0 Å². The van der Waals surface area contributed by atoms with Gasteiger partial charge in [-0.2, -0.15) is 4.39 Å². The number of carboxylic acid groups (broad SMARTS) is 1. The fourth-order valence-corrected chi connectivity index (χ4v) is 1.33. The quantitative estimate of drug-likeness (QED) is 0.818. The van der Waals surface area contributed by atoms with Crippen molar-refractivity contribution in [3.8, 4) is 0 Å². The molecule has 0 aromatic carbocycles. The molecule has 0 radical (unpaired) electrons. The number of hydrogen-bond acceptors (Lipinski definition) is 4. The number of anilines is 1. The lowest BCUT2D eigenvalue weighted by molar-refractivity contribution is 0.0696. The molecule has 2 rings (SSSR count). The van der Waals surface area contributed by atoms with E-state index in [4.69, 9.17) is 5.11 Å². The van der Waals surface area contributed by atoms with E-state index in [-0.39, 0.29) is 16.9 Å². The Labute approximate surface area is 106 Å². The van der Waals surface area contributed by atoms with Gasteiger partial charge in [0, 0.05) is 12.4 Å². The average Bonchev–Trinajstić information content (AvgIpc) is 2.39. The Kier molecular flexibility index (Phi) is 3.46. The minimum Gasteiger partial charge on any atom is -0.478 e. The first-order valence-electron chi connectivity index (χ1n) is 5.19. The highest BCUT2D eigenvalue weighted by Gasteiger charge is 2.13. The standard InChI is InChI=1S/C12H8FN3O3/c13-10-8(2-1-5-14-10)11(17)16-9-4-3-7(6-15-9)12(18)19/h1-6H,(H,18,19)(H,15,16,17). The topological polar surface area (TPSA) is 92.2 Å². The lowest BCUT2D eigenvalue weighted by atomic mass is 10.2. The van der Waals surface area contributed by atoms with Crippen LogP contribution >= 0.6 is 0 Å². The molecule has 1 amide bonds. The third-order valence-corrected chi connectivity index (χ3v) is 2.26. The number of amides is 1. The molecule has 0 unspecified atom stereocenters. The number of nitrogens with zero attached hydrogens (tertiary/aromatic N) is 2. The molecule has 0 saturated carbocycles. The van der Waals surface area contributed by atoms with Crippen molar-refractivity contribution < 1.29 is 19.1 Å². The van der Waals surface area contributed by atoms with Gasteiger partial charge in [-0.3, -0.25) is 4.79 Å². The van der Waals surface area contributed by atoms with E-state index in [1.54, 1.807) is 0 Å². The minimum absolute atomic E-state index is 0.00874. The molecule has 2 aromatic rings. The van der Waals surface area contributed by atoms with Gasteiger partial charge in [-0.15, -0.1) is 0 Å². The number of aromatic carboxylic acids is 1.